The lowest BCUT2D eigenvalue weighted by molar-refractivity contribution is -0.524. The highest BCUT2D eigenvalue weighted by molar-refractivity contribution is 5.78. The number of fused-ring (bicyclic) bond motifs is 1. The van der Waals surface area contributed by atoms with E-state index in [0.717, 1.165) is 0 Å². The molecule has 0 bridgehead atoms. The SMILES string of the molecule is CN(C)CCC[N+]1=Cc2ccccc2CC1.[Br-]. The Hall–Kier alpha value is -0.670. The van der Waals surface area contributed by atoms with Crippen LogP contribution in [0.4, 0.5) is 0 Å². The molecule has 0 N–H and O–H groups in total. The summed E-state index contributed by atoms with van der Waals surface area (Å²) in [7, 11) is 4.27. The van der Waals surface area contributed by atoms with E-state index in [9.17, 15) is 0 Å². The number of rotatable bonds is 4. The molecule has 1 aliphatic rings. The first-order valence-electron chi connectivity index (χ1n) is 6.07. The summed E-state index contributed by atoms with van der Waals surface area (Å²) in [4.78, 5) is 2.25. The van der Waals surface area contributed by atoms with Gasteiger partial charge in [0.1, 0.15) is 13.1 Å². The van der Waals surface area contributed by atoms with E-state index in [1.807, 2.05) is 0 Å². The molecule has 1 aromatic rings. The Kier molecular flexibility index (Phi) is 5.86. The molecular formula is C14H21BrN2. The molecule has 1 aromatic carbocycles. The fourth-order valence-electron chi connectivity index (χ4n) is 2.18. The van der Waals surface area contributed by atoms with Crippen LogP contribution in [0.25, 0.3) is 0 Å². The fourth-order valence-corrected chi connectivity index (χ4v) is 2.18. The van der Waals surface area contributed by atoms with E-state index in [0.29, 0.717) is 0 Å². The van der Waals surface area contributed by atoms with Crippen molar-refractivity contribution in [3.63, 3.8) is 0 Å². The van der Waals surface area contributed by atoms with Gasteiger partial charge < -0.3 is 21.9 Å². The molecule has 0 aromatic heterocycles. The van der Waals surface area contributed by atoms with Crippen LogP contribution in [-0.2, 0) is 6.42 Å². The molecule has 0 unspecified atom stereocenters. The van der Waals surface area contributed by atoms with Crippen molar-refractivity contribution in [2.24, 2.45) is 0 Å². The first-order chi connectivity index (χ1) is 7.75. The average Bonchev–Trinajstić information content (AvgIpc) is 2.28. The standard InChI is InChI=1S/C14H21N2.BrH/c1-15(2)9-5-10-16-11-8-13-6-3-4-7-14(13)12-16;/h3-4,6-7,12H,5,8-11H2,1-2H3;1H/q+1;/p-1. The maximum atomic E-state index is 2.45. The number of hydrogen-bond donors (Lipinski definition) is 0. The van der Waals surface area contributed by atoms with E-state index in [1.54, 1.807) is 0 Å². The summed E-state index contributed by atoms with van der Waals surface area (Å²) in [5.74, 6) is 0. The maximum Gasteiger partial charge on any atom is 0.170 e. The van der Waals surface area contributed by atoms with Crippen LogP contribution in [0.1, 0.15) is 17.5 Å². The Morgan fingerprint density at radius 2 is 2.00 bits per heavy atom. The van der Waals surface area contributed by atoms with E-state index >= 15 is 0 Å². The van der Waals surface area contributed by atoms with Gasteiger partial charge in [-0.1, -0.05) is 18.2 Å². The van der Waals surface area contributed by atoms with Gasteiger partial charge in [0.25, 0.3) is 0 Å². The maximum absolute atomic E-state index is 2.45. The molecule has 0 aliphatic carbocycles. The van der Waals surface area contributed by atoms with Gasteiger partial charge in [-0.15, -0.1) is 0 Å². The summed E-state index contributed by atoms with van der Waals surface area (Å²) in [5.41, 5.74) is 2.89. The lowest BCUT2D eigenvalue weighted by atomic mass is 10.0. The third-order valence-electron chi connectivity index (χ3n) is 3.10. The smallest absolute Gasteiger partial charge is 0.170 e. The van der Waals surface area contributed by atoms with Gasteiger partial charge >= 0.3 is 0 Å². The Bertz CT molecular complexity index is 386. The van der Waals surface area contributed by atoms with E-state index in [2.05, 4.69) is 54.1 Å². The minimum Gasteiger partial charge on any atom is -1.00 e. The zero-order valence-corrected chi connectivity index (χ0v) is 12.3. The molecule has 17 heavy (non-hydrogen) atoms. The van der Waals surface area contributed by atoms with Crippen LogP contribution < -0.4 is 17.0 Å². The molecule has 0 atom stereocenters. The quantitative estimate of drug-likeness (QED) is 0.622. The molecule has 3 heteroatoms. The molecule has 1 aliphatic heterocycles. The molecule has 0 saturated heterocycles. The predicted octanol–water partition coefficient (Wildman–Crippen LogP) is -1.37. The highest BCUT2D eigenvalue weighted by Gasteiger charge is 2.14. The third kappa shape index (κ3) is 4.25. The van der Waals surface area contributed by atoms with E-state index < -0.39 is 0 Å². The van der Waals surface area contributed by atoms with Crippen LogP contribution in [0.15, 0.2) is 24.3 Å². The Labute approximate surface area is 115 Å². The summed E-state index contributed by atoms with van der Waals surface area (Å²) in [6, 6.07) is 8.71. The Morgan fingerprint density at radius 3 is 2.76 bits per heavy atom. The van der Waals surface area contributed by atoms with Crippen LogP contribution >= 0.6 is 0 Å². The van der Waals surface area contributed by atoms with Crippen LogP contribution in [0.3, 0.4) is 0 Å². The van der Waals surface area contributed by atoms with Crippen molar-refractivity contribution in [1.82, 2.24) is 4.90 Å². The molecule has 94 valence electrons. The molecule has 0 amide bonds. The first kappa shape index (κ1) is 14.4. The van der Waals surface area contributed by atoms with Gasteiger partial charge in [0.05, 0.1) is 0 Å². The van der Waals surface area contributed by atoms with Gasteiger partial charge in [-0.25, -0.2) is 4.58 Å². The van der Waals surface area contributed by atoms with Gasteiger partial charge in [-0.3, -0.25) is 0 Å². The highest BCUT2D eigenvalue weighted by Crippen LogP contribution is 2.11. The van der Waals surface area contributed by atoms with Crippen LogP contribution in [-0.4, -0.2) is 49.4 Å². The summed E-state index contributed by atoms with van der Waals surface area (Å²) in [6.45, 7) is 3.52. The lowest BCUT2D eigenvalue weighted by Crippen LogP contribution is -3.00. The second-order valence-electron chi connectivity index (χ2n) is 4.77. The van der Waals surface area contributed by atoms with Gasteiger partial charge in [0.2, 0.25) is 0 Å². The second-order valence-corrected chi connectivity index (χ2v) is 4.77. The van der Waals surface area contributed by atoms with Crippen molar-refractivity contribution < 1.29 is 21.6 Å². The Balaban J connectivity index is 0.00000144. The normalized spacial score (nSPS) is 13.9. The number of benzene rings is 1. The lowest BCUT2D eigenvalue weighted by Gasteiger charge is -2.13. The van der Waals surface area contributed by atoms with Crippen LogP contribution in [0.2, 0.25) is 0 Å². The summed E-state index contributed by atoms with van der Waals surface area (Å²) >= 11 is 0. The monoisotopic (exact) mass is 296 g/mol. The molecular weight excluding hydrogens is 276 g/mol. The van der Waals surface area contributed by atoms with Gasteiger partial charge in [-0.05, 0) is 25.7 Å². The second kappa shape index (κ2) is 6.92. The van der Waals surface area contributed by atoms with Crippen LogP contribution in [0.5, 0.6) is 0 Å². The van der Waals surface area contributed by atoms with E-state index in [4.69, 9.17) is 0 Å². The zero-order chi connectivity index (χ0) is 11.4. The minimum atomic E-state index is 0. The summed E-state index contributed by atoms with van der Waals surface area (Å²) < 4.78 is 2.45. The van der Waals surface area contributed by atoms with Crippen molar-refractivity contribution in [3.8, 4) is 0 Å². The van der Waals surface area contributed by atoms with Gasteiger partial charge in [0, 0.05) is 24.9 Å². The van der Waals surface area contributed by atoms with Gasteiger partial charge in [-0.2, -0.15) is 0 Å². The van der Waals surface area contributed by atoms with Crippen molar-refractivity contribution in [2.75, 3.05) is 33.7 Å². The molecule has 0 radical (unpaired) electrons. The van der Waals surface area contributed by atoms with E-state index in [-0.39, 0.29) is 17.0 Å². The number of hydrogen-bond acceptors (Lipinski definition) is 1. The summed E-state index contributed by atoms with van der Waals surface area (Å²) in [5, 5.41) is 0. The summed E-state index contributed by atoms with van der Waals surface area (Å²) in [6.07, 6.45) is 4.74. The molecule has 1 heterocycles. The molecule has 0 saturated carbocycles. The van der Waals surface area contributed by atoms with Crippen molar-refractivity contribution in [1.29, 1.82) is 0 Å². The molecule has 2 rings (SSSR count). The van der Waals surface area contributed by atoms with Crippen molar-refractivity contribution >= 4 is 6.21 Å². The highest BCUT2D eigenvalue weighted by atomic mass is 79.9. The zero-order valence-electron chi connectivity index (χ0n) is 10.7. The van der Waals surface area contributed by atoms with E-state index in [1.165, 1.54) is 43.6 Å². The predicted molar refractivity (Wildman–Crippen MR) is 68.5 cm³/mol. The van der Waals surface area contributed by atoms with Crippen LogP contribution in [0, 0.1) is 0 Å². The third-order valence-corrected chi connectivity index (χ3v) is 3.10. The van der Waals surface area contributed by atoms with Crippen molar-refractivity contribution in [3.05, 3.63) is 35.4 Å². The minimum absolute atomic E-state index is 0. The molecule has 0 spiro atoms. The topological polar surface area (TPSA) is 6.25 Å². The first-order valence-corrected chi connectivity index (χ1v) is 6.07. The average molecular weight is 297 g/mol. The van der Waals surface area contributed by atoms with Gasteiger partial charge in [0.15, 0.2) is 6.21 Å². The molecule has 0 fully saturated rings. The number of nitrogens with zero attached hydrogens (tertiary/aromatic N) is 2. The number of halogens is 1. The Morgan fingerprint density at radius 1 is 1.24 bits per heavy atom. The molecule has 2 nitrogen and oxygen atoms in total. The van der Waals surface area contributed by atoms with Crippen molar-refractivity contribution in [2.45, 2.75) is 12.8 Å². The largest absolute Gasteiger partial charge is 1.00 e. The fraction of sp³-hybridized carbons (Fsp3) is 0.500.